The van der Waals surface area contributed by atoms with Gasteiger partial charge < -0.3 is 19.2 Å². The third-order valence-corrected chi connectivity index (χ3v) is 3.65. The van der Waals surface area contributed by atoms with Crippen molar-refractivity contribution in [3.8, 4) is 22.8 Å². The van der Waals surface area contributed by atoms with E-state index >= 15 is 0 Å². The molecule has 0 radical (unpaired) electrons. The number of hydrogen-bond acceptors (Lipinski definition) is 5. The summed E-state index contributed by atoms with van der Waals surface area (Å²) in [5.41, 5.74) is 1.78. The van der Waals surface area contributed by atoms with Crippen LogP contribution < -0.4 is 14.8 Å². The number of oxazole rings is 1. The second-order valence-corrected chi connectivity index (χ2v) is 5.27. The lowest BCUT2D eigenvalue weighted by molar-refractivity contribution is 0.0917. The first-order valence-electron chi connectivity index (χ1n) is 7.47. The topological polar surface area (TPSA) is 73.6 Å². The lowest BCUT2D eigenvalue weighted by atomic mass is 10.2. The van der Waals surface area contributed by atoms with E-state index in [1.165, 1.54) is 0 Å². The molecule has 0 atom stereocenters. The van der Waals surface area contributed by atoms with Crippen molar-refractivity contribution in [2.24, 2.45) is 0 Å². The van der Waals surface area contributed by atoms with Crippen molar-refractivity contribution < 1.29 is 18.7 Å². The van der Waals surface area contributed by atoms with Crippen molar-refractivity contribution >= 4 is 5.91 Å². The molecule has 0 unspecified atom stereocenters. The van der Waals surface area contributed by atoms with E-state index in [-0.39, 0.29) is 18.6 Å². The highest BCUT2D eigenvalue weighted by molar-refractivity contribution is 5.89. The van der Waals surface area contributed by atoms with Gasteiger partial charge in [-0.25, -0.2) is 4.98 Å². The van der Waals surface area contributed by atoms with Crippen LogP contribution in [0.4, 0.5) is 0 Å². The molecular formula is C18H14N2O4. The monoisotopic (exact) mass is 322 g/mol. The first-order chi connectivity index (χ1) is 11.8. The molecule has 0 spiro atoms. The van der Waals surface area contributed by atoms with Gasteiger partial charge in [0.2, 0.25) is 6.79 Å². The summed E-state index contributed by atoms with van der Waals surface area (Å²) in [6.07, 6.45) is 1.55. The molecule has 0 saturated heterocycles. The maximum atomic E-state index is 12.2. The normalized spacial score (nSPS) is 12.2. The fraction of sp³-hybridized carbons (Fsp3) is 0.111. The van der Waals surface area contributed by atoms with Gasteiger partial charge in [-0.1, -0.05) is 36.4 Å². The Labute approximate surface area is 138 Å². The minimum atomic E-state index is -0.366. The maximum Gasteiger partial charge on any atom is 0.307 e. The summed E-state index contributed by atoms with van der Waals surface area (Å²) in [4.78, 5) is 16.2. The van der Waals surface area contributed by atoms with Crippen molar-refractivity contribution in [1.82, 2.24) is 10.3 Å². The smallest absolute Gasteiger partial charge is 0.307 e. The average molecular weight is 322 g/mol. The minimum Gasteiger partial charge on any atom is -0.454 e. The van der Waals surface area contributed by atoms with Crippen LogP contribution in [0.3, 0.4) is 0 Å². The van der Waals surface area contributed by atoms with Crippen LogP contribution in [-0.4, -0.2) is 17.7 Å². The van der Waals surface area contributed by atoms with Gasteiger partial charge in [-0.15, -0.1) is 0 Å². The summed E-state index contributed by atoms with van der Waals surface area (Å²) in [6.45, 7) is 0.572. The van der Waals surface area contributed by atoms with Crippen molar-refractivity contribution in [1.29, 1.82) is 0 Å². The summed E-state index contributed by atoms with van der Waals surface area (Å²) in [6, 6.07) is 15.0. The van der Waals surface area contributed by atoms with Crippen LogP contribution in [0.5, 0.6) is 11.5 Å². The number of carbonyl (C=O) groups excluding carboxylic acids is 1. The Kier molecular flexibility index (Phi) is 3.63. The van der Waals surface area contributed by atoms with E-state index < -0.39 is 0 Å². The Morgan fingerprint density at radius 1 is 1.08 bits per heavy atom. The van der Waals surface area contributed by atoms with Crippen molar-refractivity contribution in [3.05, 3.63) is 66.2 Å². The highest BCUT2D eigenvalue weighted by Gasteiger charge is 2.16. The third-order valence-electron chi connectivity index (χ3n) is 3.65. The van der Waals surface area contributed by atoms with E-state index in [9.17, 15) is 4.79 Å². The van der Waals surface area contributed by atoms with Gasteiger partial charge in [0.15, 0.2) is 17.3 Å². The molecule has 0 aliphatic carbocycles. The van der Waals surface area contributed by atoms with Crippen molar-refractivity contribution in [2.45, 2.75) is 6.54 Å². The first kappa shape index (κ1) is 14.3. The molecule has 3 aromatic rings. The van der Waals surface area contributed by atoms with Gasteiger partial charge in [-0.05, 0) is 17.7 Å². The van der Waals surface area contributed by atoms with Crippen LogP contribution >= 0.6 is 0 Å². The molecule has 0 bridgehead atoms. The highest BCUT2D eigenvalue weighted by Crippen LogP contribution is 2.32. The van der Waals surface area contributed by atoms with E-state index in [4.69, 9.17) is 13.9 Å². The van der Waals surface area contributed by atoms with E-state index in [0.717, 1.165) is 11.1 Å². The lowest BCUT2D eigenvalue weighted by Gasteiger charge is -2.04. The SMILES string of the molecule is O=C(NCc1ccc2c(c1)OCO2)c1ncc(-c2ccccc2)o1. The first-order valence-corrected chi connectivity index (χ1v) is 7.47. The summed E-state index contributed by atoms with van der Waals surface area (Å²) in [5.74, 6) is 1.63. The number of hydrogen-bond donors (Lipinski definition) is 1. The van der Waals surface area contributed by atoms with E-state index in [0.29, 0.717) is 23.8 Å². The molecule has 24 heavy (non-hydrogen) atoms. The molecule has 6 nitrogen and oxygen atoms in total. The molecule has 1 amide bonds. The van der Waals surface area contributed by atoms with Crippen LogP contribution in [-0.2, 0) is 6.54 Å². The van der Waals surface area contributed by atoms with Crippen molar-refractivity contribution in [2.75, 3.05) is 6.79 Å². The molecule has 2 aromatic carbocycles. The van der Waals surface area contributed by atoms with Gasteiger partial charge in [0, 0.05) is 12.1 Å². The molecule has 0 saturated carbocycles. The maximum absolute atomic E-state index is 12.2. The largest absolute Gasteiger partial charge is 0.454 e. The quantitative estimate of drug-likeness (QED) is 0.799. The van der Waals surface area contributed by atoms with E-state index in [1.807, 2.05) is 48.5 Å². The predicted molar refractivity (Wildman–Crippen MR) is 85.7 cm³/mol. The Hall–Kier alpha value is -3.28. The molecule has 2 heterocycles. The molecule has 1 aliphatic heterocycles. The van der Waals surface area contributed by atoms with Crippen LogP contribution in [0.2, 0.25) is 0 Å². The molecule has 1 aromatic heterocycles. The third kappa shape index (κ3) is 2.81. The summed E-state index contributed by atoms with van der Waals surface area (Å²) in [7, 11) is 0. The second kappa shape index (κ2) is 6.08. The van der Waals surface area contributed by atoms with Gasteiger partial charge in [-0.3, -0.25) is 4.79 Å². The van der Waals surface area contributed by atoms with Crippen LogP contribution in [0, 0.1) is 0 Å². The molecule has 4 rings (SSSR count). The van der Waals surface area contributed by atoms with E-state index in [2.05, 4.69) is 10.3 Å². The average Bonchev–Trinajstić information content (AvgIpc) is 3.29. The number of carbonyl (C=O) groups is 1. The minimum absolute atomic E-state index is 0.0367. The van der Waals surface area contributed by atoms with Crippen LogP contribution in [0.25, 0.3) is 11.3 Å². The number of benzene rings is 2. The zero-order valence-electron chi connectivity index (χ0n) is 12.7. The number of fused-ring (bicyclic) bond motifs is 1. The fourth-order valence-corrected chi connectivity index (χ4v) is 2.42. The van der Waals surface area contributed by atoms with Crippen LogP contribution in [0.1, 0.15) is 16.2 Å². The summed E-state index contributed by atoms with van der Waals surface area (Å²) >= 11 is 0. The number of amides is 1. The molecular weight excluding hydrogens is 308 g/mol. The Bertz CT molecular complexity index is 874. The molecule has 0 fully saturated rings. The molecule has 120 valence electrons. The standard InChI is InChI=1S/C18H14N2O4/c21-17(18-20-10-16(24-18)13-4-2-1-3-5-13)19-9-12-6-7-14-15(8-12)23-11-22-14/h1-8,10H,9,11H2,(H,19,21). The number of nitrogens with zero attached hydrogens (tertiary/aromatic N) is 1. The Morgan fingerprint density at radius 3 is 2.79 bits per heavy atom. The van der Waals surface area contributed by atoms with Gasteiger partial charge in [0.1, 0.15) is 0 Å². The van der Waals surface area contributed by atoms with Crippen molar-refractivity contribution in [3.63, 3.8) is 0 Å². The number of aromatic nitrogens is 1. The Morgan fingerprint density at radius 2 is 1.92 bits per heavy atom. The van der Waals surface area contributed by atoms with Gasteiger partial charge in [-0.2, -0.15) is 0 Å². The zero-order valence-corrected chi connectivity index (χ0v) is 12.7. The van der Waals surface area contributed by atoms with Gasteiger partial charge >= 0.3 is 5.91 Å². The number of ether oxygens (including phenoxy) is 2. The molecule has 6 heteroatoms. The Balaban J connectivity index is 1.42. The van der Waals surface area contributed by atoms with Gasteiger partial charge in [0.05, 0.1) is 6.20 Å². The summed E-state index contributed by atoms with van der Waals surface area (Å²) < 4.78 is 16.1. The highest BCUT2D eigenvalue weighted by atomic mass is 16.7. The lowest BCUT2D eigenvalue weighted by Crippen LogP contribution is -2.22. The van der Waals surface area contributed by atoms with Gasteiger partial charge in [0.25, 0.3) is 5.89 Å². The molecule has 1 N–H and O–H groups in total. The fourth-order valence-electron chi connectivity index (χ4n) is 2.42. The van der Waals surface area contributed by atoms with Crippen LogP contribution in [0.15, 0.2) is 59.1 Å². The number of nitrogens with one attached hydrogen (secondary N) is 1. The number of rotatable bonds is 4. The second-order valence-electron chi connectivity index (χ2n) is 5.27. The summed E-state index contributed by atoms with van der Waals surface area (Å²) in [5, 5.41) is 2.78. The zero-order chi connectivity index (χ0) is 16.4. The molecule has 1 aliphatic rings. The van der Waals surface area contributed by atoms with E-state index in [1.54, 1.807) is 6.20 Å². The predicted octanol–water partition coefficient (Wildman–Crippen LogP) is 3.00.